The van der Waals surface area contributed by atoms with Gasteiger partial charge in [0, 0.05) is 24.9 Å². The van der Waals surface area contributed by atoms with Crippen molar-refractivity contribution in [3.05, 3.63) is 58.3 Å². The number of hydrogen-bond donors (Lipinski definition) is 1. The lowest BCUT2D eigenvalue weighted by Crippen LogP contribution is -2.46. The fraction of sp³-hybridized carbons (Fsp3) is 0.409. The molecule has 0 spiro atoms. The zero-order valence-corrected chi connectivity index (χ0v) is 15.9. The van der Waals surface area contributed by atoms with Crippen molar-refractivity contribution in [2.75, 3.05) is 20.1 Å². The molecule has 2 atom stereocenters. The lowest BCUT2D eigenvalue weighted by molar-refractivity contribution is 0.264. The highest BCUT2D eigenvalue weighted by molar-refractivity contribution is 5.58. The van der Waals surface area contributed by atoms with Crippen LogP contribution in [0.4, 0.5) is 0 Å². The van der Waals surface area contributed by atoms with Crippen LogP contribution in [0.3, 0.4) is 0 Å². The molecule has 2 N–H and O–H groups in total. The van der Waals surface area contributed by atoms with Gasteiger partial charge in [-0.1, -0.05) is 44.2 Å². The SMILES string of the molecule is CC(C)c1ccc([C@H]2C(C#N)=C(N)C(C#N)(C#N)C3=CCN(C)C[C@H]32)cc1. The first-order chi connectivity index (χ1) is 12.9. The number of nitrogens with two attached hydrogens (primary N) is 1. The second kappa shape index (κ2) is 6.92. The first-order valence-electron chi connectivity index (χ1n) is 9.11. The summed E-state index contributed by atoms with van der Waals surface area (Å²) in [4.78, 5) is 2.14. The van der Waals surface area contributed by atoms with E-state index in [1.807, 2.05) is 25.3 Å². The Hall–Kier alpha value is -3.07. The first kappa shape index (κ1) is 18.7. The molecule has 27 heavy (non-hydrogen) atoms. The summed E-state index contributed by atoms with van der Waals surface area (Å²) in [5.41, 5.74) is 8.13. The van der Waals surface area contributed by atoms with Gasteiger partial charge in [0.1, 0.15) is 0 Å². The maximum absolute atomic E-state index is 9.88. The third-order valence-corrected chi connectivity index (χ3v) is 5.79. The molecule has 0 radical (unpaired) electrons. The summed E-state index contributed by atoms with van der Waals surface area (Å²) in [6.45, 7) is 5.61. The lowest BCUT2D eigenvalue weighted by atomic mass is 9.60. The fourth-order valence-electron chi connectivity index (χ4n) is 4.25. The van der Waals surface area contributed by atoms with Crippen LogP contribution in [0.2, 0.25) is 0 Å². The van der Waals surface area contributed by atoms with Gasteiger partial charge in [-0.2, -0.15) is 15.8 Å². The van der Waals surface area contributed by atoms with Gasteiger partial charge in [-0.25, -0.2) is 0 Å². The van der Waals surface area contributed by atoms with Crippen LogP contribution in [0.15, 0.2) is 47.2 Å². The largest absolute Gasteiger partial charge is 0.399 e. The fourth-order valence-corrected chi connectivity index (χ4v) is 4.25. The Balaban J connectivity index is 2.24. The normalized spacial score (nSPS) is 24.4. The van der Waals surface area contributed by atoms with E-state index in [1.54, 1.807) is 0 Å². The zero-order valence-electron chi connectivity index (χ0n) is 15.9. The van der Waals surface area contributed by atoms with Gasteiger partial charge in [0.25, 0.3) is 0 Å². The van der Waals surface area contributed by atoms with Crippen molar-refractivity contribution in [2.24, 2.45) is 17.1 Å². The number of nitriles is 3. The molecule has 0 unspecified atom stereocenters. The molecule has 0 saturated heterocycles. The van der Waals surface area contributed by atoms with E-state index in [4.69, 9.17) is 5.73 Å². The maximum Gasteiger partial charge on any atom is 0.204 e. The monoisotopic (exact) mass is 357 g/mol. The minimum Gasteiger partial charge on any atom is -0.399 e. The number of hydrogen-bond acceptors (Lipinski definition) is 5. The lowest BCUT2D eigenvalue weighted by Gasteiger charge is -2.44. The van der Waals surface area contributed by atoms with Crippen LogP contribution in [0.5, 0.6) is 0 Å². The predicted molar refractivity (Wildman–Crippen MR) is 103 cm³/mol. The number of allylic oxidation sites excluding steroid dienone is 2. The molecule has 0 fully saturated rings. The van der Waals surface area contributed by atoms with Gasteiger partial charge in [-0.3, -0.25) is 0 Å². The molecule has 3 rings (SSSR count). The third-order valence-electron chi connectivity index (χ3n) is 5.79. The average molecular weight is 357 g/mol. The van der Waals surface area contributed by atoms with Crippen LogP contribution in [-0.2, 0) is 0 Å². The van der Waals surface area contributed by atoms with Crippen LogP contribution >= 0.6 is 0 Å². The van der Waals surface area contributed by atoms with E-state index < -0.39 is 5.41 Å². The minimum atomic E-state index is -1.55. The Morgan fingerprint density at radius 2 is 1.78 bits per heavy atom. The predicted octanol–water partition coefficient (Wildman–Crippen LogP) is 3.17. The summed E-state index contributed by atoms with van der Waals surface area (Å²) in [6.07, 6.45) is 1.94. The van der Waals surface area contributed by atoms with Crippen LogP contribution in [0.1, 0.15) is 36.8 Å². The van der Waals surface area contributed by atoms with Gasteiger partial charge in [-0.15, -0.1) is 0 Å². The standard InChI is InChI=1S/C22H23N5/c1-14(2)15-4-6-16(7-5-15)20-17(10-23)21(26)22(12-24,13-25)19-8-9-27(3)11-18(19)20/h4-8,14,18,20H,9,11,26H2,1-3H3/t18-,20+/m1/s1. The zero-order chi connectivity index (χ0) is 19.8. The summed E-state index contributed by atoms with van der Waals surface area (Å²) in [6, 6.07) is 14.7. The molecule has 0 amide bonds. The number of fused-ring (bicyclic) bond motifs is 1. The second-order valence-corrected chi connectivity index (χ2v) is 7.70. The van der Waals surface area contributed by atoms with Crippen molar-refractivity contribution < 1.29 is 0 Å². The van der Waals surface area contributed by atoms with E-state index in [2.05, 4.69) is 49.1 Å². The van der Waals surface area contributed by atoms with Gasteiger partial charge in [-0.05, 0) is 29.7 Å². The van der Waals surface area contributed by atoms with Gasteiger partial charge in [0.05, 0.1) is 29.5 Å². The summed E-state index contributed by atoms with van der Waals surface area (Å²) < 4.78 is 0. The highest BCUT2D eigenvalue weighted by Gasteiger charge is 2.52. The van der Waals surface area contributed by atoms with Crippen LogP contribution in [0.25, 0.3) is 0 Å². The van der Waals surface area contributed by atoms with Crippen LogP contribution < -0.4 is 5.73 Å². The van der Waals surface area contributed by atoms with Crippen molar-refractivity contribution in [2.45, 2.75) is 25.7 Å². The minimum absolute atomic E-state index is 0.0833. The highest BCUT2D eigenvalue weighted by atomic mass is 15.1. The first-order valence-corrected chi connectivity index (χ1v) is 9.11. The molecule has 0 aromatic heterocycles. The van der Waals surface area contributed by atoms with Gasteiger partial charge in [0.2, 0.25) is 5.41 Å². The van der Waals surface area contributed by atoms with E-state index >= 15 is 0 Å². The highest BCUT2D eigenvalue weighted by Crippen LogP contribution is 2.52. The molecule has 2 aliphatic rings. The van der Waals surface area contributed by atoms with Crippen molar-refractivity contribution in [1.82, 2.24) is 4.90 Å². The van der Waals surface area contributed by atoms with Crippen molar-refractivity contribution in [3.63, 3.8) is 0 Å². The van der Waals surface area contributed by atoms with Crippen molar-refractivity contribution in [3.8, 4) is 18.2 Å². The molecule has 0 bridgehead atoms. The average Bonchev–Trinajstić information content (AvgIpc) is 2.67. The Kier molecular flexibility index (Phi) is 4.79. The van der Waals surface area contributed by atoms with E-state index in [0.29, 0.717) is 24.6 Å². The Labute approximate surface area is 160 Å². The van der Waals surface area contributed by atoms with E-state index in [1.165, 1.54) is 5.56 Å². The summed E-state index contributed by atoms with van der Waals surface area (Å²) in [5.74, 6) is 0.0393. The van der Waals surface area contributed by atoms with Gasteiger partial charge >= 0.3 is 0 Å². The summed E-state index contributed by atoms with van der Waals surface area (Å²) in [7, 11) is 2.00. The Morgan fingerprint density at radius 3 is 2.30 bits per heavy atom. The number of likely N-dealkylation sites (N-methyl/N-ethyl adjacent to an activating group) is 1. The maximum atomic E-state index is 9.88. The molecular weight excluding hydrogens is 334 g/mol. The smallest absolute Gasteiger partial charge is 0.204 e. The van der Waals surface area contributed by atoms with E-state index in [-0.39, 0.29) is 17.5 Å². The molecule has 5 nitrogen and oxygen atoms in total. The van der Waals surface area contributed by atoms with E-state index in [0.717, 1.165) is 11.1 Å². The number of rotatable bonds is 2. The Bertz CT molecular complexity index is 917. The Morgan fingerprint density at radius 1 is 1.15 bits per heavy atom. The molecular formula is C22H23N5. The van der Waals surface area contributed by atoms with Gasteiger partial charge < -0.3 is 10.6 Å². The summed E-state index contributed by atoms with van der Waals surface area (Å²) >= 11 is 0. The number of benzene rings is 1. The molecule has 136 valence electrons. The van der Waals surface area contributed by atoms with Gasteiger partial charge in [0.15, 0.2) is 0 Å². The summed E-state index contributed by atoms with van der Waals surface area (Å²) in [5, 5.41) is 29.5. The number of nitrogens with zero attached hydrogens (tertiary/aromatic N) is 4. The molecule has 1 aliphatic carbocycles. The topological polar surface area (TPSA) is 101 Å². The second-order valence-electron chi connectivity index (χ2n) is 7.70. The van der Waals surface area contributed by atoms with Crippen molar-refractivity contribution >= 4 is 0 Å². The molecule has 0 saturated carbocycles. The molecule has 1 aromatic carbocycles. The molecule has 5 heteroatoms. The quantitative estimate of drug-likeness (QED) is 0.819. The molecule has 1 heterocycles. The molecule has 1 aliphatic heterocycles. The van der Waals surface area contributed by atoms with E-state index in [9.17, 15) is 15.8 Å². The third kappa shape index (κ3) is 2.80. The van der Waals surface area contributed by atoms with Crippen LogP contribution in [-0.4, -0.2) is 25.0 Å². The van der Waals surface area contributed by atoms with Crippen LogP contribution in [0, 0.1) is 45.3 Å². The molecule has 1 aromatic rings. The van der Waals surface area contributed by atoms with Crippen molar-refractivity contribution in [1.29, 1.82) is 15.8 Å².